The molecule has 0 spiro atoms. The molecule has 3 rings (SSSR count). The standard InChI is InChI=1S/C18H27NO28S4.6Na/c20-3-1-4(14(23)24)41-18(9(3)46-50(34,35)36)44-10-5(2-40-49(31,32)33)42-17(6(7(10)21)19-48(28,29)30)45-11-8(22)12(47-51(37,38)39)16(27)43-13(11)15(25)26;;;;;;/h1,3,5-13,16-22,27H,2H2,(H,23,24)(H,25,26)(H,28,29,30)(H,31,32,33)(H,34,35,36)(H,37,38,39);;;;;;/q;6*+1/p-6/t3-,5+,6+,7+,8-,9+,10+,11-,12+,13+,16?,17+,18-;;;;;;/m0....../s1. The van der Waals surface area contributed by atoms with Crippen molar-refractivity contribution in [3.8, 4) is 0 Å². The van der Waals surface area contributed by atoms with E-state index >= 15 is 0 Å². The van der Waals surface area contributed by atoms with E-state index < -0.39 is 146 Å². The van der Waals surface area contributed by atoms with Crippen LogP contribution in [0.25, 0.3) is 0 Å². The molecule has 0 bridgehead atoms. The molecule has 2 saturated heterocycles. The Bertz CT molecular complexity index is 1790. The molecule has 13 atom stereocenters. The minimum Gasteiger partial charge on any atom is -0.735 e. The van der Waals surface area contributed by atoms with Crippen LogP contribution in [0.1, 0.15) is 0 Å². The number of rotatable bonds is 15. The van der Waals surface area contributed by atoms with E-state index in [1.165, 1.54) is 0 Å². The van der Waals surface area contributed by atoms with E-state index in [0.717, 1.165) is 4.72 Å². The van der Waals surface area contributed by atoms with E-state index in [1.807, 2.05) is 0 Å². The summed E-state index contributed by atoms with van der Waals surface area (Å²) in [4.78, 5) is 23.1. The molecular formula is C18H21NNa6O28S4. The Morgan fingerprint density at radius 2 is 1.18 bits per heavy atom. The van der Waals surface area contributed by atoms with Gasteiger partial charge in [-0.3, -0.25) is 12.5 Å². The predicted octanol–water partition coefficient (Wildman–Crippen LogP) is -29.4. The van der Waals surface area contributed by atoms with Crippen LogP contribution in [-0.2, 0) is 87.3 Å². The van der Waals surface area contributed by atoms with Crippen molar-refractivity contribution in [2.75, 3.05) is 6.61 Å². The van der Waals surface area contributed by atoms with Gasteiger partial charge in [-0.25, -0.2) is 38.4 Å². The zero-order valence-corrected chi connectivity index (χ0v) is 45.3. The number of carbonyl (C=O) groups is 2. The average Bonchev–Trinajstić information content (AvgIpc) is 2.93. The summed E-state index contributed by atoms with van der Waals surface area (Å²) < 4.78 is 174. The maximum absolute atomic E-state index is 11.7. The normalized spacial score (nSPS) is 33.0. The summed E-state index contributed by atoms with van der Waals surface area (Å²) in [6.07, 6.45) is -32.1. The third-order valence-corrected chi connectivity index (χ3v) is 8.41. The summed E-state index contributed by atoms with van der Waals surface area (Å²) in [6, 6.07) is -2.73. The number of aliphatic carboxylic acids is 2. The molecule has 1 unspecified atom stereocenters. The minimum absolute atomic E-state index is 0. The molecule has 3 aliphatic heterocycles. The van der Waals surface area contributed by atoms with Gasteiger partial charge in [0.1, 0.15) is 60.5 Å². The first kappa shape index (κ1) is 67.2. The van der Waals surface area contributed by atoms with Gasteiger partial charge in [-0.2, -0.15) is 0 Å². The quantitative estimate of drug-likeness (QED) is 0.0578. The third kappa shape index (κ3) is 21.2. The van der Waals surface area contributed by atoms with Gasteiger partial charge in [-0.05, 0) is 6.08 Å². The van der Waals surface area contributed by atoms with Crippen molar-refractivity contribution in [3.63, 3.8) is 0 Å². The van der Waals surface area contributed by atoms with Gasteiger partial charge in [-0.15, -0.1) is 0 Å². The molecule has 57 heavy (non-hydrogen) atoms. The van der Waals surface area contributed by atoms with Crippen LogP contribution >= 0.6 is 0 Å². The summed E-state index contributed by atoms with van der Waals surface area (Å²) in [5.74, 6) is -6.02. The second-order valence-corrected chi connectivity index (χ2v) is 14.2. The first-order valence-electron chi connectivity index (χ1n) is 12.8. The van der Waals surface area contributed by atoms with Gasteiger partial charge in [0, 0.05) is 0 Å². The van der Waals surface area contributed by atoms with Crippen molar-refractivity contribution in [1.82, 2.24) is 4.72 Å². The molecule has 39 heteroatoms. The number of nitrogens with one attached hydrogen (secondary N) is 1. The number of ether oxygens (including phenoxy) is 5. The van der Waals surface area contributed by atoms with Gasteiger partial charge in [-0.1, -0.05) is 0 Å². The van der Waals surface area contributed by atoms with E-state index in [9.17, 15) is 92.1 Å². The largest absolute Gasteiger partial charge is 1.00 e. The molecule has 0 aliphatic carbocycles. The van der Waals surface area contributed by atoms with Crippen LogP contribution in [0.15, 0.2) is 11.8 Å². The Labute approximate surface area is 455 Å². The maximum atomic E-state index is 11.7. The Hall–Kier alpha value is 3.64. The number of carboxylic acid groups (broad SMARTS) is 2. The van der Waals surface area contributed by atoms with E-state index in [0.29, 0.717) is 0 Å². The fourth-order valence-corrected chi connectivity index (χ4v) is 6.46. The fourth-order valence-electron chi connectivity index (χ4n) is 4.61. The van der Waals surface area contributed by atoms with Gasteiger partial charge in [0.25, 0.3) is 0 Å². The topological polar surface area (TPSA) is 476 Å². The van der Waals surface area contributed by atoms with Crippen LogP contribution in [0.2, 0.25) is 0 Å². The molecule has 3 aliphatic rings. The first-order valence-corrected chi connectivity index (χ1v) is 18.2. The molecule has 2 fully saturated rings. The van der Waals surface area contributed by atoms with Crippen molar-refractivity contribution in [2.24, 2.45) is 0 Å². The minimum atomic E-state index is -5.86. The van der Waals surface area contributed by atoms with Crippen molar-refractivity contribution < 1.29 is 306 Å². The van der Waals surface area contributed by atoms with E-state index in [2.05, 4.69) is 17.3 Å². The van der Waals surface area contributed by atoms with Crippen molar-refractivity contribution in [1.29, 1.82) is 0 Å². The van der Waals surface area contributed by atoms with Gasteiger partial charge in [0.05, 0.1) is 12.6 Å². The molecule has 0 aromatic carbocycles. The Kier molecular flexibility index (Phi) is 32.2. The third-order valence-electron chi connectivity index (χ3n) is 6.51. The molecule has 296 valence electrons. The summed E-state index contributed by atoms with van der Waals surface area (Å²) in [5, 5.41) is 65.0. The van der Waals surface area contributed by atoms with Crippen LogP contribution in [-0.4, -0.2) is 171 Å². The number of aliphatic hydroxyl groups excluding tert-OH is 4. The molecule has 0 radical (unpaired) electrons. The van der Waals surface area contributed by atoms with Gasteiger partial charge in [0.2, 0.25) is 37.5 Å². The SMILES string of the molecule is O=C([O-])C1=C[C@H](O)[C@@H](OS(=O)(=O)[O-])[C@H](O[C@H]2[C@H](O)[C@@H](NS(=O)(=O)[O-])[C@@H](O[C@H]3[C@H](O)[C@@H](OS(=O)(=O)[O-])C(O)O[C@H]3C(=O)[O-])O[C@@H]2COS(=O)(=O)[O-])O1.[Na+].[Na+].[Na+].[Na+].[Na+].[Na+]. The van der Waals surface area contributed by atoms with Crippen LogP contribution in [0.5, 0.6) is 0 Å². The summed E-state index contributed by atoms with van der Waals surface area (Å²) in [6.45, 7) is -1.68. The molecule has 5 N–H and O–H groups in total. The monoisotopic (exact) mass is 965 g/mol. The Morgan fingerprint density at radius 3 is 1.61 bits per heavy atom. The average molecular weight is 966 g/mol. The van der Waals surface area contributed by atoms with Gasteiger partial charge in [0.15, 0.2) is 35.1 Å². The van der Waals surface area contributed by atoms with Crippen molar-refractivity contribution >= 4 is 53.4 Å². The van der Waals surface area contributed by atoms with Crippen LogP contribution in [0.4, 0.5) is 0 Å². The number of hydrogen-bond donors (Lipinski definition) is 5. The Balaban J connectivity index is -0.00000234. The van der Waals surface area contributed by atoms with Crippen molar-refractivity contribution in [3.05, 3.63) is 11.8 Å². The molecule has 29 nitrogen and oxygen atoms in total. The second-order valence-electron chi connectivity index (χ2n) is 10.0. The number of hydrogen-bond acceptors (Lipinski definition) is 28. The van der Waals surface area contributed by atoms with Crippen LogP contribution in [0.3, 0.4) is 0 Å². The van der Waals surface area contributed by atoms with E-state index in [-0.39, 0.29) is 183 Å². The molecule has 0 aromatic heterocycles. The fraction of sp³-hybridized carbons (Fsp3) is 0.778. The first-order chi connectivity index (χ1) is 23.1. The van der Waals surface area contributed by atoms with Crippen LogP contribution in [0, 0.1) is 0 Å². The van der Waals surface area contributed by atoms with Crippen LogP contribution < -0.4 is 192 Å². The van der Waals surface area contributed by atoms with E-state index in [1.54, 1.807) is 0 Å². The maximum Gasteiger partial charge on any atom is 1.00 e. The van der Waals surface area contributed by atoms with Gasteiger partial charge < -0.3 is 82.1 Å². The molecule has 3 heterocycles. The number of aliphatic hydroxyl groups is 4. The summed E-state index contributed by atoms with van der Waals surface area (Å²) in [5.41, 5.74) is 0. The number of carbonyl (C=O) groups excluding carboxylic acids is 2. The smallest absolute Gasteiger partial charge is 0.735 e. The summed E-state index contributed by atoms with van der Waals surface area (Å²) in [7, 11) is -23.3. The molecule has 0 amide bonds. The zero-order chi connectivity index (χ0) is 39.0. The van der Waals surface area contributed by atoms with Crippen molar-refractivity contribution in [2.45, 2.75) is 79.8 Å². The number of carboxylic acids is 2. The second kappa shape index (κ2) is 27.3. The summed E-state index contributed by atoms with van der Waals surface area (Å²) >= 11 is 0. The zero-order valence-electron chi connectivity index (χ0n) is 30.0. The molecular weight excluding hydrogens is 944 g/mol. The molecule has 0 saturated carbocycles. The Morgan fingerprint density at radius 1 is 0.684 bits per heavy atom. The van der Waals surface area contributed by atoms with E-state index in [4.69, 9.17) is 18.9 Å². The molecule has 0 aromatic rings. The predicted molar refractivity (Wildman–Crippen MR) is 132 cm³/mol. The van der Waals surface area contributed by atoms with Gasteiger partial charge >= 0.3 is 177 Å².